The molecule has 4 rings (SSSR count). The average Bonchev–Trinajstić information content (AvgIpc) is 3.28. The molecule has 5 nitrogen and oxygen atoms in total. The fraction of sp³-hybridized carbons (Fsp3) is 0.333. The lowest BCUT2D eigenvalue weighted by molar-refractivity contribution is 0.307. The van der Waals surface area contributed by atoms with Crippen molar-refractivity contribution in [1.82, 2.24) is 14.5 Å². The lowest BCUT2D eigenvalue weighted by Gasteiger charge is -2.33. The van der Waals surface area contributed by atoms with Crippen LogP contribution in [0, 0.1) is 0 Å². The van der Waals surface area contributed by atoms with Gasteiger partial charge in [0.15, 0.2) is 5.11 Å². The number of nitrogens with one attached hydrogen (secondary N) is 1. The zero-order valence-corrected chi connectivity index (χ0v) is 19.6. The lowest BCUT2D eigenvalue weighted by atomic mass is 9.96. The predicted octanol–water partition coefficient (Wildman–Crippen LogP) is 5.24. The Hall–Kier alpha value is -2.51. The van der Waals surface area contributed by atoms with Gasteiger partial charge in [-0.1, -0.05) is 18.2 Å². The molecule has 0 spiro atoms. The Morgan fingerprint density at radius 1 is 1.19 bits per heavy atom. The molecule has 2 aromatic carbocycles. The number of methoxy groups -OCH3 is 1. The number of anilines is 1. The van der Waals surface area contributed by atoms with Crippen molar-refractivity contribution < 1.29 is 4.74 Å². The largest absolute Gasteiger partial charge is 0.497 e. The maximum absolute atomic E-state index is 5.68. The third-order valence-corrected chi connectivity index (χ3v) is 6.81. The van der Waals surface area contributed by atoms with E-state index in [1.54, 1.807) is 18.9 Å². The zero-order valence-electron chi connectivity index (χ0n) is 18.0. The van der Waals surface area contributed by atoms with Crippen LogP contribution in [0.2, 0.25) is 0 Å². The van der Waals surface area contributed by atoms with Gasteiger partial charge in [-0.15, -0.1) is 11.8 Å². The molecule has 0 unspecified atom stereocenters. The van der Waals surface area contributed by atoms with Gasteiger partial charge in [0.1, 0.15) is 11.6 Å². The molecular formula is C24H28N4OS2. The van der Waals surface area contributed by atoms with E-state index in [-0.39, 0.29) is 0 Å². The van der Waals surface area contributed by atoms with Crippen molar-refractivity contribution in [2.24, 2.45) is 0 Å². The number of hydrogen-bond donors (Lipinski definition) is 1. The highest BCUT2D eigenvalue weighted by atomic mass is 32.2. The van der Waals surface area contributed by atoms with Gasteiger partial charge < -0.3 is 19.5 Å². The molecule has 1 aliphatic rings. The monoisotopic (exact) mass is 452 g/mol. The summed E-state index contributed by atoms with van der Waals surface area (Å²) in [7, 11) is 1.69. The van der Waals surface area contributed by atoms with E-state index >= 15 is 0 Å². The number of rotatable bonds is 6. The van der Waals surface area contributed by atoms with Crippen LogP contribution in [0.25, 0.3) is 0 Å². The predicted molar refractivity (Wildman–Crippen MR) is 132 cm³/mol. The average molecular weight is 453 g/mol. The van der Waals surface area contributed by atoms with Gasteiger partial charge in [0.25, 0.3) is 0 Å². The summed E-state index contributed by atoms with van der Waals surface area (Å²) in [5.41, 5.74) is 2.30. The molecule has 3 aromatic rings. The van der Waals surface area contributed by atoms with Crippen molar-refractivity contribution in [3.05, 3.63) is 72.3 Å². The summed E-state index contributed by atoms with van der Waals surface area (Å²) in [5, 5.41) is 4.21. The van der Waals surface area contributed by atoms with E-state index in [1.165, 1.54) is 16.3 Å². The van der Waals surface area contributed by atoms with Crippen molar-refractivity contribution >= 4 is 34.8 Å². The minimum Gasteiger partial charge on any atom is -0.497 e. The fourth-order valence-corrected chi connectivity index (χ4v) is 4.75. The quantitative estimate of drug-likeness (QED) is 0.408. The van der Waals surface area contributed by atoms with Gasteiger partial charge in [0.2, 0.25) is 0 Å². The van der Waals surface area contributed by atoms with Gasteiger partial charge in [-0.2, -0.15) is 0 Å². The third kappa shape index (κ3) is 5.40. The van der Waals surface area contributed by atoms with Gasteiger partial charge in [-0.3, -0.25) is 0 Å². The van der Waals surface area contributed by atoms with E-state index in [1.807, 2.05) is 18.3 Å². The summed E-state index contributed by atoms with van der Waals surface area (Å²) in [6.45, 7) is 2.70. The normalized spacial score (nSPS) is 14.5. The van der Waals surface area contributed by atoms with Crippen molar-refractivity contribution in [3.8, 4) is 5.75 Å². The SMILES string of the molecule is COc1ccc(Cn2ccnc2C2CCN(C(=S)Nc3cccc(SC)c3)CC2)cc1. The van der Waals surface area contributed by atoms with Crippen LogP contribution < -0.4 is 10.1 Å². The first-order valence-corrected chi connectivity index (χ1v) is 12.1. The minimum atomic E-state index is 0.451. The Labute approximate surface area is 193 Å². The summed E-state index contributed by atoms with van der Waals surface area (Å²) in [6.07, 6.45) is 8.17. The first-order chi connectivity index (χ1) is 15.2. The highest BCUT2D eigenvalue weighted by molar-refractivity contribution is 7.98. The van der Waals surface area contributed by atoms with E-state index < -0.39 is 0 Å². The van der Waals surface area contributed by atoms with E-state index in [0.717, 1.165) is 49.0 Å². The molecule has 1 N–H and O–H groups in total. The highest BCUT2D eigenvalue weighted by Crippen LogP contribution is 2.28. The van der Waals surface area contributed by atoms with Gasteiger partial charge in [-0.05, 0) is 67.2 Å². The van der Waals surface area contributed by atoms with E-state index in [2.05, 4.69) is 63.6 Å². The molecule has 1 aliphatic heterocycles. The molecule has 0 bridgehead atoms. The van der Waals surface area contributed by atoms with Crippen LogP contribution in [0.1, 0.15) is 30.1 Å². The van der Waals surface area contributed by atoms with Crippen LogP contribution in [0.3, 0.4) is 0 Å². The minimum absolute atomic E-state index is 0.451. The molecule has 0 saturated carbocycles. The topological polar surface area (TPSA) is 42.3 Å². The zero-order chi connectivity index (χ0) is 21.6. The molecule has 2 heterocycles. The number of ether oxygens (including phenoxy) is 1. The first-order valence-electron chi connectivity index (χ1n) is 10.5. The number of likely N-dealkylation sites (tertiary alicyclic amines) is 1. The summed E-state index contributed by atoms with van der Waals surface area (Å²) in [5.74, 6) is 2.50. The number of benzene rings is 2. The Bertz CT molecular complexity index is 1010. The van der Waals surface area contributed by atoms with Crippen LogP contribution in [-0.2, 0) is 6.54 Å². The summed E-state index contributed by atoms with van der Waals surface area (Å²) >= 11 is 7.42. The van der Waals surface area contributed by atoms with Crippen LogP contribution in [0.5, 0.6) is 5.75 Å². The van der Waals surface area contributed by atoms with Crippen molar-refractivity contribution in [2.45, 2.75) is 30.2 Å². The molecule has 1 saturated heterocycles. The molecule has 31 heavy (non-hydrogen) atoms. The van der Waals surface area contributed by atoms with Crippen molar-refractivity contribution in [2.75, 3.05) is 31.8 Å². The molecule has 7 heteroatoms. The molecule has 1 aromatic heterocycles. The van der Waals surface area contributed by atoms with Crippen LogP contribution in [0.4, 0.5) is 5.69 Å². The van der Waals surface area contributed by atoms with E-state index in [0.29, 0.717) is 5.92 Å². The van der Waals surface area contributed by atoms with Gasteiger partial charge in [0, 0.05) is 48.5 Å². The number of aromatic nitrogens is 2. The number of piperidine rings is 1. The third-order valence-electron chi connectivity index (χ3n) is 5.73. The van der Waals surface area contributed by atoms with Crippen molar-refractivity contribution in [1.29, 1.82) is 0 Å². The summed E-state index contributed by atoms with van der Waals surface area (Å²) < 4.78 is 7.53. The maximum Gasteiger partial charge on any atom is 0.173 e. The Morgan fingerprint density at radius 3 is 2.68 bits per heavy atom. The second-order valence-corrected chi connectivity index (χ2v) is 8.95. The Kier molecular flexibility index (Phi) is 7.14. The molecular weight excluding hydrogens is 424 g/mol. The smallest absolute Gasteiger partial charge is 0.173 e. The van der Waals surface area contributed by atoms with Crippen molar-refractivity contribution in [3.63, 3.8) is 0 Å². The summed E-state index contributed by atoms with van der Waals surface area (Å²) in [4.78, 5) is 8.20. The van der Waals surface area contributed by atoms with Gasteiger partial charge in [-0.25, -0.2) is 4.98 Å². The van der Waals surface area contributed by atoms with Crippen LogP contribution >= 0.6 is 24.0 Å². The van der Waals surface area contributed by atoms with E-state index in [4.69, 9.17) is 21.9 Å². The van der Waals surface area contributed by atoms with E-state index in [9.17, 15) is 0 Å². The first kappa shape index (κ1) is 21.7. The molecule has 162 valence electrons. The van der Waals surface area contributed by atoms with Gasteiger partial charge >= 0.3 is 0 Å². The number of nitrogens with zero attached hydrogens (tertiary/aromatic N) is 3. The Balaban J connectivity index is 1.34. The second kappa shape index (κ2) is 10.2. The number of thioether (sulfide) groups is 1. The standard InChI is InChI=1S/C24H28N4OS2/c1-29-21-8-6-18(7-9-21)17-28-15-12-25-23(28)19-10-13-27(14-11-19)24(30)26-20-4-3-5-22(16-20)31-2/h3-9,12,15-16,19H,10-11,13-14,17H2,1-2H3,(H,26,30). The number of hydrogen-bond acceptors (Lipinski definition) is 4. The summed E-state index contributed by atoms with van der Waals surface area (Å²) in [6, 6.07) is 16.6. The lowest BCUT2D eigenvalue weighted by Crippen LogP contribution is -2.40. The number of thiocarbonyl (C=S) groups is 1. The molecule has 1 fully saturated rings. The van der Waals surface area contributed by atoms with Gasteiger partial charge in [0.05, 0.1) is 7.11 Å². The molecule has 0 atom stereocenters. The second-order valence-electron chi connectivity index (χ2n) is 7.68. The van der Waals surface area contributed by atoms with Crippen LogP contribution in [-0.4, -0.2) is 46.0 Å². The number of imidazole rings is 1. The highest BCUT2D eigenvalue weighted by Gasteiger charge is 2.25. The molecule has 0 aliphatic carbocycles. The fourth-order valence-electron chi connectivity index (χ4n) is 3.99. The van der Waals surface area contributed by atoms with Crippen LogP contribution in [0.15, 0.2) is 65.8 Å². The maximum atomic E-state index is 5.68. The Morgan fingerprint density at radius 2 is 1.97 bits per heavy atom. The molecule has 0 amide bonds. The molecule has 0 radical (unpaired) electrons.